The van der Waals surface area contributed by atoms with Gasteiger partial charge in [0.15, 0.2) is 0 Å². The first-order valence-electron chi connectivity index (χ1n) is 8.37. The average molecular weight is 347 g/mol. The maximum Gasteiger partial charge on any atom is 0.296 e. The molecule has 1 N–H and O–H groups in total. The number of benzene rings is 2. The summed E-state index contributed by atoms with van der Waals surface area (Å²) in [5.74, 6) is -0.645. The van der Waals surface area contributed by atoms with Crippen LogP contribution in [-0.4, -0.2) is 23.5 Å². The molecule has 0 fully saturated rings. The van der Waals surface area contributed by atoms with Crippen LogP contribution < -0.4 is 10.2 Å². The summed E-state index contributed by atoms with van der Waals surface area (Å²) in [5.41, 5.74) is 2.72. The molecule has 6 nitrogen and oxygen atoms in total. The summed E-state index contributed by atoms with van der Waals surface area (Å²) in [4.78, 5) is 26.8. The third-order valence-electron chi connectivity index (χ3n) is 4.39. The maximum atomic E-state index is 13.1. The van der Waals surface area contributed by atoms with E-state index in [-0.39, 0.29) is 30.0 Å². The van der Waals surface area contributed by atoms with Gasteiger partial charge in [-0.25, -0.2) is 0 Å². The second kappa shape index (κ2) is 6.48. The number of hydrogen-bond acceptors (Lipinski definition) is 4. The zero-order valence-electron chi connectivity index (χ0n) is 14.2. The third-order valence-corrected chi connectivity index (χ3v) is 4.39. The molecule has 1 aliphatic heterocycles. The molecule has 1 aliphatic rings. The average Bonchev–Trinajstić information content (AvgIpc) is 3.12. The van der Waals surface area contributed by atoms with Crippen LogP contribution in [0.1, 0.15) is 17.5 Å². The highest BCUT2D eigenvalue weighted by Gasteiger charge is 2.31. The van der Waals surface area contributed by atoms with E-state index < -0.39 is 0 Å². The van der Waals surface area contributed by atoms with Crippen molar-refractivity contribution in [1.82, 2.24) is 5.16 Å². The zero-order chi connectivity index (χ0) is 18.1. The lowest BCUT2D eigenvalue weighted by molar-refractivity contribution is -0.119. The van der Waals surface area contributed by atoms with Crippen LogP contribution >= 0.6 is 0 Å². The molecule has 0 spiro atoms. The van der Waals surface area contributed by atoms with Gasteiger partial charge in [0, 0.05) is 18.2 Å². The first-order chi connectivity index (χ1) is 12.6. The summed E-state index contributed by atoms with van der Waals surface area (Å²) >= 11 is 0. The Labute approximate surface area is 150 Å². The van der Waals surface area contributed by atoms with Gasteiger partial charge >= 0.3 is 0 Å². The summed E-state index contributed by atoms with van der Waals surface area (Å²) in [7, 11) is 0. The molecule has 0 bridgehead atoms. The fourth-order valence-electron chi connectivity index (χ4n) is 2.97. The largest absolute Gasteiger partial charge is 0.350 e. The lowest BCUT2D eigenvalue weighted by atomic mass is 10.1. The topological polar surface area (TPSA) is 75.4 Å². The van der Waals surface area contributed by atoms with E-state index in [2.05, 4.69) is 10.5 Å². The quantitative estimate of drug-likeness (QED) is 0.769. The minimum atomic E-state index is -0.345. The Morgan fingerprint density at radius 3 is 2.69 bits per heavy atom. The van der Waals surface area contributed by atoms with Crippen molar-refractivity contribution in [1.29, 1.82) is 0 Å². The lowest BCUT2D eigenvalue weighted by Crippen LogP contribution is -2.35. The van der Waals surface area contributed by atoms with E-state index in [9.17, 15) is 9.59 Å². The molecule has 6 heteroatoms. The number of fused-ring (bicyclic) bond motifs is 1. The van der Waals surface area contributed by atoms with Crippen molar-refractivity contribution in [2.45, 2.75) is 6.92 Å². The minimum Gasteiger partial charge on any atom is -0.350 e. The van der Waals surface area contributed by atoms with E-state index >= 15 is 0 Å². The van der Waals surface area contributed by atoms with Crippen molar-refractivity contribution in [2.24, 2.45) is 5.92 Å². The molecular formula is C20H17N3O3. The molecule has 4 rings (SSSR count). The van der Waals surface area contributed by atoms with E-state index in [0.29, 0.717) is 17.1 Å². The number of amides is 2. The molecule has 2 amide bonds. The summed E-state index contributed by atoms with van der Waals surface area (Å²) in [6.45, 7) is 2.06. The molecule has 0 radical (unpaired) electrons. The Hall–Kier alpha value is -3.41. The van der Waals surface area contributed by atoms with Gasteiger partial charge in [0.1, 0.15) is 5.69 Å². The van der Waals surface area contributed by atoms with Crippen LogP contribution in [0.25, 0.3) is 11.3 Å². The minimum absolute atomic E-state index is 0.115. The summed E-state index contributed by atoms with van der Waals surface area (Å²) in [6, 6.07) is 18.4. The Kier molecular flexibility index (Phi) is 4.01. The van der Waals surface area contributed by atoms with E-state index in [0.717, 1.165) is 5.56 Å². The first kappa shape index (κ1) is 16.1. The maximum absolute atomic E-state index is 13.1. The zero-order valence-corrected chi connectivity index (χ0v) is 14.2. The van der Waals surface area contributed by atoms with Crippen LogP contribution in [0.4, 0.5) is 11.4 Å². The van der Waals surface area contributed by atoms with E-state index in [4.69, 9.17) is 4.52 Å². The molecule has 1 aromatic heterocycles. The van der Waals surface area contributed by atoms with Gasteiger partial charge in [0.2, 0.25) is 11.7 Å². The van der Waals surface area contributed by atoms with Crippen molar-refractivity contribution < 1.29 is 14.1 Å². The third kappa shape index (κ3) is 2.86. The number of rotatable bonds is 2. The van der Waals surface area contributed by atoms with E-state index in [1.165, 1.54) is 0 Å². The Morgan fingerprint density at radius 2 is 1.88 bits per heavy atom. The van der Waals surface area contributed by atoms with Crippen molar-refractivity contribution in [2.75, 3.05) is 16.8 Å². The molecule has 0 unspecified atom stereocenters. The van der Waals surface area contributed by atoms with E-state index in [1.54, 1.807) is 30.0 Å². The number of carbonyl (C=O) groups excluding carboxylic acids is 2. The highest BCUT2D eigenvalue weighted by atomic mass is 16.5. The monoisotopic (exact) mass is 347 g/mol. The van der Waals surface area contributed by atoms with Gasteiger partial charge in [-0.1, -0.05) is 54.5 Å². The van der Waals surface area contributed by atoms with Gasteiger partial charge in [0.25, 0.3) is 5.91 Å². The Balaban J connectivity index is 1.70. The predicted molar refractivity (Wildman–Crippen MR) is 97.9 cm³/mol. The number of para-hydroxylation sites is 2. The molecule has 26 heavy (non-hydrogen) atoms. The second-order valence-corrected chi connectivity index (χ2v) is 6.27. The van der Waals surface area contributed by atoms with Crippen LogP contribution in [0, 0.1) is 5.92 Å². The van der Waals surface area contributed by atoms with Crippen LogP contribution in [0.2, 0.25) is 0 Å². The standard InChI is InChI=1S/C20H17N3O3/c1-13-12-23(17-10-6-5-9-15(17)21-19(13)24)20(25)18-11-16(22-26-18)14-7-3-2-4-8-14/h2-11,13H,12H2,1H3,(H,21,24)/t13-/m0/s1. The van der Waals surface area contributed by atoms with Gasteiger partial charge in [-0.05, 0) is 12.1 Å². The lowest BCUT2D eigenvalue weighted by Gasteiger charge is -2.22. The molecule has 0 saturated heterocycles. The Morgan fingerprint density at radius 1 is 1.15 bits per heavy atom. The summed E-state index contributed by atoms with van der Waals surface area (Å²) in [5, 5.41) is 6.87. The van der Waals surface area contributed by atoms with E-state index in [1.807, 2.05) is 42.5 Å². The number of aromatic nitrogens is 1. The highest BCUT2D eigenvalue weighted by Crippen LogP contribution is 2.31. The van der Waals surface area contributed by atoms with Crippen LogP contribution in [0.15, 0.2) is 65.2 Å². The molecular weight excluding hydrogens is 330 g/mol. The molecule has 0 aliphatic carbocycles. The first-order valence-corrected chi connectivity index (χ1v) is 8.37. The molecule has 1 atom stereocenters. The van der Waals surface area contributed by atoms with Gasteiger partial charge in [-0.2, -0.15) is 0 Å². The molecule has 2 heterocycles. The Bertz CT molecular complexity index is 965. The number of anilines is 2. The van der Waals surface area contributed by atoms with Crippen molar-refractivity contribution in [3.05, 3.63) is 66.4 Å². The van der Waals surface area contributed by atoms with Gasteiger partial charge < -0.3 is 14.7 Å². The smallest absolute Gasteiger partial charge is 0.296 e. The summed E-state index contributed by atoms with van der Waals surface area (Å²) < 4.78 is 5.31. The van der Waals surface area contributed by atoms with Crippen molar-refractivity contribution in [3.63, 3.8) is 0 Å². The number of nitrogens with one attached hydrogen (secondary N) is 1. The number of nitrogens with zero attached hydrogens (tertiary/aromatic N) is 2. The molecule has 0 saturated carbocycles. The predicted octanol–water partition coefficient (Wildman–Crippen LogP) is 3.58. The van der Waals surface area contributed by atoms with Crippen LogP contribution in [0.3, 0.4) is 0 Å². The van der Waals surface area contributed by atoms with Crippen LogP contribution in [0.5, 0.6) is 0 Å². The normalized spacial score (nSPS) is 16.6. The summed E-state index contributed by atoms with van der Waals surface area (Å²) in [6.07, 6.45) is 0. The SMILES string of the molecule is C[C@H]1CN(C(=O)c2cc(-c3ccccc3)no2)c2ccccc2NC1=O. The fourth-order valence-corrected chi connectivity index (χ4v) is 2.97. The molecule has 2 aromatic carbocycles. The molecule has 130 valence electrons. The van der Waals surface area contributed by atoms with Crippen molar-refractivity contribution >= 4 is 23.2 Å². The van der Waals surface area contributed by atoms with Crippen molar-refractivity contribution in [3.8, 4) is 11.3 Å². The van der Waals surface area contributed by atoms with Crippen LogP contribution in [-0.2, 0) is 4.79 Å². The number of carbonyl (C=O) groups is 2. The van der Waals surface area contributed by atoms with Gasteiger partial charge in [-0.3, -0.25) is 9.59 Å². The fraction of sp³-hybridized carbons (Fsp3) is 0.150. The van der Waals surface area contributed by atoms with Gasteiger partial charge in [-0.15, -0.1) is 0 Å². The van der Waals surface area contributed by atoms with Gasteiger partial charge in [0.05, 0.1) is 17.3 Å². The highest BCUT2D eigenvalue weighted by molar-refractivity contribution is 6.09. The molecule has 3 aromatic rings. The second-order valence-electron chi connectivity index (χ2n) is 6.27. The number of hydrogen-bond donors (Lipinski definition) is 1.